The van der Waals surface area contributed by atoms with Gasteiger partial charge in [-0.2, -0.15) is 4.31 Å². The van der Waals surface area contributed by atoms with Gasteiger partial charge in [0.15, 0.2) is 0 Å². The molecule has 32 heavy (non-hydrogen) atoms. The van der Waals surface area contributed by atoms with E-state index in [-0.39, 0.29) is 29.7 Å². The highest BCUT2D eigenvalue weighted by Crippen LogP contribution is 2.29. The summed E-state index contributed by atoms with van der Waals surface area (Å²) in [5.74, 6) is -0.790. The molecule has 2 amide bonds. The summed E-state index contributed by atoms with van der Waals surface area (Å²) in [5.41, 5.74) is 3.46. The number of anilines is 2. The summed E-state index contributed by atoms with van der Waals surface area (Å²) >= 11 is 0. The first-order chi connectivity index (χ1) is 15.2. The van der Waals surface area contributed by atoms with Crippen LogP contribution in [0.4, 0.5) is 11.4 Å². The highest BCUT2D eigenvalue weighted by atomic mass is 32.2. The smallest absolute Gasteiger partial charge is 0.243 e. The van der Waals surface area contributed by atoms with Gasteiger partial charge in [-0.05, 0) is 48.7 Å². The second kappa shape index (κ2) is 9.83. The molecule has 0 aliphatic carbocycles. The third-order valence-corrected chi connectivity index (χ3v) is 8.04. The van der Waals surface area contributed by atoms with Crippen LogP contribution in [0.15, 0.2) is 47.4 Å². The number of hydrogen-bond acceptors (Lipinski definition) is 4. The molecule has 2 aromatic carbocycles. The fourth-order valence-corrected chi connectivity index (χ4v) is 5.53. The van der Waals surface area contributed by atoms with Crippen LogP contribution in [-0.4, -0.2) is 44.2 Å². The van der Waals surface area contributed by atoms with Crippen LogP contribution in [0, 0.1) is 12.8 Å². The van der Waals surface area contributed by atoms with Gasteiger partial charge in [-0.25, -0.2) is 8.42 Å². The number of para-hydroxylation sites is 1. The number of benzene rings is 2. The molecule has 8 heteroatoms. The van der Waals surface area contributed by atoms with E-state index in [4.69, 9.17) is 0 Å². The first-order valence-electron chi connectivity index (χ1n) is 11.0. The topological polar surface area (TPSA) is 86.8 Å². The molecule has 1 atom stereocenters. The van der Waals surface area contributed by atoms with Gasteiger partial charge in [0.2, 0.25) is 21.8 Å². The van der Waals surface area contributed by atoms with Gasteiger partial charge in [-0.3, -0.25) is 9.59 Å². The molecule has 7 nitrogen and oxygen atoms in total. The van der Waals surface area contributed by atoms with Gasteiger partial charge in [0.05, 0.1) is 10.8 Å². The van der Waals surface area contributed by atoms with Crippen molar-refractivity contribution >= 4 is 33.2 Å². The number of nitrogens with zero attached hydrogens (tertiary/aromatic N) is 2. The number of hydrogen-bond donors (Lipinski definition) is 1. The van der Waals surface area contributed by atoms with E-state index in [1.165, 1.54) is 16.4 Å². The number of nitrogens with one attached hydrogen (secondary N) is 1. The van der Waals surface area contributed by atoms with Gasteiger partial charge in [0.25, 0.3) is 0 Å². The quantitative estimate of drug-likeness (QED) is 0.656. The van der Waals surface area contributed by atoms with Crippen LogP contribution in [0.2, 0.25) is 0 Å². The number of amides is 2. The monoisotopic (exact) mass is 457 g/mol. The molecule has 1 fully saturated rings. The maximum atomic E-state index is 12.9. The minimum absolute atomic E-state index is 0.124. The number of carbonyl (C=O) groups is 2. The molecule has 0 aromatic heterocycles. The highest BCUT2D eigenvalue weighted by molar-refractivity contribution is 7.89. The number of aryl methyl sites for hydroxylation is 2. The van der Waals surface area contributed by atoms with E-state index in [1.54, 1.807) is 30.9 Å². The standard InChI is InChI=1S/C24H31N3O4S/c1-5-18-10-8-9-17(4)23(18)25-24(29)19-15-22(28)27(16-19)20-11-13-21(14-12-20)32(30,31)26(6-2)7-3/h8-14,19H,5-7,15-16H2,1-4H3,(H,25,29). The first kappa shape index (κ1) is 23.9. The molecule has 3 rings (SSSR count). The SMILES string of the molecule is CCc1cccc(C)c1NC(=O)C1CC(=O)N(c2ccc(S(=O)(=O)N(CC)CC)cc2)C1. The molecule has 1 saturated heterocycles. The van der Waals surface area contributed by atoms with Crippen molar-refractivity contribution in [2.45, 2.75) is 45.4 Å². The lowest BCUT2D eigenvalue weighted by atomic mass is 10.0. The summed E-state index contributed by atoms with van der Waals surface area (Å²) in [5, 5.41) is 3.02. The van der Waals surface area contributed by atoms with Gasteiger partial charge in [0.1, 0.15) is 0 Å². The van der Waals surface area contributed by atoms with E-state index in [9.17, 15) is 18.0 Å². The van der Waals surface area contributed by atoms with E-state index >= 15 is 0 Å². The largest absolute Gasteiger partial charge is 0.325 e. The Morgan fingerprint density at radius 3 is 2.34 bits per heavy atom. The van der Waals surface area contributed by atoms with Crippen molar-refractivity contribution in [1.29, 1.82) is 0 Å². The van der Waals surface area contributed by atoms with Crippen molar-refractivity contribution in [1.82, 2.24) is 4.31 Å². The summed E-state index contributed by atoms with van der Waals surface area (Å²) in [4.78, 5) is 27.3. The van der Waals surface area contributed by atoms with Crippen LogP contribution in [0.1, 0.15) is 38.3 Å². The van der Waals surface area contributed by atoms with Crippen LogP contribution < -0.4 is 10.2 Å². The van der Waals surface area contributed by atoms with Crippen molar-refractivity contribution in [2.24, 2.45) is 5.92 Å². The molecule has 0 spiro atoms. The normalized spacial score (nSPS) is 16.6. The molecule has 1 N–H and O–H groups in total. The molecule has 0 radical (unpaired) electrons. The van der Waals surface area contributed by atoms with Crippen LogP contribution in [0.3, 0.4) is 0 Å². The van der Waals surface area contributed by atoms with Crippen molar-refractivity contribution in [3.8, 4) is 0 Å². The minimum atomic E-state index is -3.56. The van der Waals surface area contributed by atoms with E-state index in [0.29, 0.717) is 18.8 Å². The average molecular weight is 458 g/mol. The Morgan fingerprint density at radius 2 is 1.75 bits per heavy atom. The predicted octanol–water partition coefficient (Wildman–Crippen LogP) is 3.58. The van der Waals surface area contributed by atoms with E-state index in [1.807, 2.05) is 32.0 Å². The van der Waals surface area contributed by atoms with Crippen LogP contribution in [0.25, 0.3) is 0 Å². The maximum absolute atomic E-state index is 12.9. The van der Waals surface area contributed by atoms with Gasteiger partial charge in [-0.15, -0.1) is 0 Å². The second-order valence-corrected chi connectivity index (χ2v) is 9.88. The Labute approximate surface area is 190 Å². The van der Waals surface area contributed by atoms with Crippen molar-refractivity contribution in [3.05, 3.63) is 53.6 Å². The van der Waals surface area contributed by atoms with Gasteiger partial charge < -0.3 is 10.2 Å². The molecule has 2 aromatic rings. The fraction of sp³-hybridized carbons (Fsp3) is 0.417. The molecule has 1 unspecified atom stereocenters. The summed E-state index contributed by atoms with van der Waals surface area (Å²) in [7, 11) is -3.56. The van der Waals surface area contributed by atoms with E-state index in [0.717, 1.165) is 23.2 Å². The molecule has 1 aliphatic rings. The Kier molecular flexibility index (Phi) is 7.36. The van der Waals surface area contributed by atoms with Crippen molar-refractivity contribution < 1.29 is 18.0 Å². The molecule has 172 valence electrons. The maximum Gasteiger partial charge on any atom is 0.243 e. The fourth-order valence-electron chi connectivity index (χ4n) is 4.07. The lowest BCUT2D eigenvalue weighted by molar-refractivity contribution is -0.122. The number of rotatable bonds is 8. The molecular formula is C24H31N3O4S. The molecule has 0 bridgehead atoms. The first-order valence-corrected chi connectivity index (χ1v) is 12.5. The van der Waals surface area contributed by atoms with E-state index in [2.05, 4.69) is 5.32 Å². The summed E-state index contributed by atoms with van der Waals surface area (Å²) in [6, 6.07) is 12.2. The molecule has 1 heterocycles. The molecule has 0 saturated carbocycles. The zero-order chi connectivity index (χ0) is 23.5. The van der Waals surface area contributed by atoms with Gasteiger partial charge in [0, 0.05) is 37.4 Å². The number of carbonyl (C=O) groups excluding carboxylic acids is 2. The zero-order valence-corrected chi connectivity index (χ0v) is 19.9. The van der Waals surface area contributed by atoms with Gasteiger partial charge >= 0.3 is 0 Å². The van der Waals surface area contributed by atoms with Gasteiger partial charge in [-0.1, -0.05) is 39.0 Å². The summed E-state index contributed by atoms with van der Waals surface area (Å²) < 4.78 is 26.7. The third kappa shape index (κ3) is 4.71. The highest BCUT2D eigenvalue weighted by Gasteiger charge is 2.35. The minimum Gasteiger partial charge on any atom is -0.325 e. The Hall–Kier alpha value is -2.71. The summed E-state index contributed by atoms with van der Waals surface area (Å²) in [6.45, 7) is 8.63. The zero-order valence-electron chi connectivity index (χ0n) is 19.1. The Bertz CT molecular complexity index is 1090. The lowest BCUT2D eigenvalue weighted by Crippen LogP contribution is -2.31. The predicted molar refractivity (Wildman–Crippen MR) is 126 cm³/mol. The Morgan fingerprint density at radius 1 is 1.09 bits per heavy atom. The average Bonchev–Trinajstić information content (AvgIpc) is 3.17. The third-order valence-electron chi connectivity index (χ3n) is 5.98. The van der Waals surface area contributed by atoms with Crippen molar-refractivity contribution in [3.63, 3.8) is 0 Å². The van der Waals surface area contributed by atoms with Crippen LogP contribution >= 0.6 is 0 Å². The van der Waals surface area contributed by atoms with E-state index < -0.39 is 15.9 Å². The lowest BCUT2D eigenvalue weighted by Gasteiger charge is -2.20. The summed E-state index contributed by atoms with van der Waals surface area (Å²) in [6.07, 6.45) is 0.925. The van der Waals surface area contributed by atoms with Crippen molar-refractivity contribution in [2.75, 3.05) is 29.9 Å². The Balaban J connectivity index is 1.74. The molecular weight excluding hydrogens is 426 g/mol. The second-order valence-electron chi connectivity index (χ2n) is 7.94. The number of sulfonamides is 1. The van der Waals surface area contributed by atoms with Crippen LogP contribution in [0.5, 0.6) is 0 Å². The molecule has 1 aliphatic heterocycles. The van der Waals surface area contributed by atoms with Crippen LogP contribution in [-0.2, 0) is 26.0 Å².